The number of aryl methyl sites for hydroxylation is 1. The second-order valence-corrected chi connectivity index (χ2v) is 6.58. The molecule has 0 aliphatic carbocycles. The van der Waals surface area contributed by atoms with Crippen LogP contribution < -0.4 is 0 Å². The van der Waals surface area contributed by atoms with Crippen LogP contribution in [0.15, 0.2) is 23.2 Å². The van der Waals surface area contributed by atoms with Crippen LogP contribution in [0.2, 0.25) is 0 Å². The van der Waals surface area contributed by atoms with E-state index in [1.165, 1.54) is 11.8 Å². The highest BCUT2D eigenvalue weighted by Gasteiger charge is 2.31. The fraction of sp³-hybridized carbons (Fsp3) is 0.467. The van der Waals surface area contributed by atoms with Gasteiger partial charge >= 0.3 is 0 Å². The van der Waals surface area contributed by atoms with Gasteiger partial charge in [0.2, 0.25) is 0 Å². The molecule has 4 nitrogen and oxygen atoms in total. The maximum absolute atomic E-state index is 12.5. The van der Waals surface area contributed by atoms with Crippen LogP contribution in [0.4, 0.5) is 0 Å². The monoisotopic (exact) mass is 323 g/mol. The standard InChI is InChI=1S/C15H21N3OS2/c1-4-17(5-2)9-10-18-14(19)13(21-15(18)20)11-12-7-6-8-16(12)3/h6-8,11H,4-5,9-10H2,1-3H3/b13-11+. The number of rotatable bonds is 6. The molecule has 1 aromatic rings. The molecule has 2 rings (SSSR count). The lowest BCUT2D eigenvalue weighted by atomic mass is 10.3. The number of thiocarbonyl (C=S) groups is 1. The SMILES string of the molecule is CCN(CC)CCN1C(=O)/C(=C\c2cccn2C)SC1=S. The lowest BCUT2D eigenvalue weighted by molar-refractivity contribution is -0.122. The van der Waals surface area contributed by atoms with Crippen LogP contribution in [0, 0.1) is 0 Å². The molecule has 0 unspecified atom stereocenters. The van der Waals surface area contributed by atoms with E-state index >= 15 is 0 Å². The van der Waals surface area contributed by atoms with E-state index in [-0.39, 0.29) is 5.91 Å². The van der Waals surface area contributed by atoms with Crippen molar-refractivity contribution in [2.45, 2.75) is 13.8 Å². The van der Waals surface area contributed by atoms with Gasteiger partial charge in [-0.25, -0.2) is 0 Å². The predicted octanol–water partition coefficient (Wildman–Crippen LogP) is 2.57. The van der Waals surface area contributed by atoms with Gasteiger partial charge in [-0.2, -0.15) is 0 Å². The summed E-state index contributed by atoms with van der Waals surface area (Å²) < 4.78 is 2.65. The molecule has 21 heavy (non-hydrogen) atoms. The smallest absolute Gasteiger partial charge is 0.266 e. The molecular formula is C15H21N3OS2. The molecule has 114 valence electrons. The number of carbonyl (C=O) groups is 1. The summed E-state index contributed by atoms with van der Waals surface area (Å²) in [6.07, 6.45) is 3.88. The van der Waals surface area contributed by atoms with Gasteiger partial charge in [0.15, 0.2) is 0 Å². The van der Waals surface area contributed by atoms with Crippen LogP contribution in [0.5, 0.6) is 0 Å². The molecule has 0 radical (unpaired) electrons. The molecule has 2 heterocycles. The van der Waals surface area contributed by atoms with Crippen LogP contribution in [0.3, 0.4) is 0 Å². The van der Waals surface area contributed by atoms with E-state index < -0.39 is 0 Å². The van der Waals surface area contributed by atoms with Crippen LogP contribution in [0.25, 0.3) is 6.08 Å². The van der Waals surface area contributed by atoms with Gasteiger partial charge in [-0.1, -0.05) is 37.8 Å². The van der Waals surface area contributed by atoms with Crippen molar-refractivity contribution < 1.29 is 4.79 Å². The van der Waals surface area contributed by atoms with Crippen molar-refractivity contribution >= 4 is 40.3 Å². The molecule has 0 spiro atoms. The third-order valence-corrected chi connectivity index (χ3v) is 5.05. The zero-order chi connectivity index (χ0) is 15.4. The third-order valence-electron chi connectivity index (χ3n) is 3.67. The van der Waals surface area contributed by atoms with Crippen molar-refractivity contribution in [3.05, 3.63) is 28.9 Å². The minimum absolute atomic E-state index is 0.0263. The molecule has 6 heteroatoms. The van der Waals surface area contributed by atoms with Crippen LogP contribution in [-0.4, -0.2) is 50.8 Å². The Balaban J connectivity index is 2.06. The summed E-state index contributed by atoms with van der Waals surface area (Å²) in [4.78, 5) is 17.2. The molecule has 0 N–H and O–H groups in total. The van der Waals surface area contributed by atoms with Crippen LogP contribution in [-0.2, 0) is 11.8 Å². The van der Waals surface area contributed by atoms with Gasteiger partial charge in [0.1, 0.15) is 4.32 Å². The van der Waals surface area contributed by atoms with Gasteiger partial charge in [0, 0.05) is 32.0 Å². The third kappa shape index (κ3) is 3.75. The fourth-order valence-corrected chi connectivity index (χ4v) is 3.53. The van der Waals surface area contributed by atoms with Gasteiger partial charge in [0.25, 0.3) is 5.91 Å². The molecule has 0 saturated carbocycles. The number of thioether (sulfide) groups is 1. The second kappa shape index (κ2) is 7.24. The van der Waals surface area contributed by atoms with Gasteiger partial charge in [-0.15, -0.1) is 0 Å². The van der Waals surface area contributed by atoms with E-state index in [4.69, 9.17) is 12.2 Å². The Labute approximate surface area is 135 Å². The first-order valence-corrected chi connectivity index (χ1v) is 8.38. The van der Waals surface area contributed by atoms with Gasteiger partial charge < -0.3 is 9.47 Å². The first kappa shape index (κ1) is 16.3. The first-order valence-electron chi connectivity index (χ1n) is 7.15. The number of hydrogen-bond acceptors (Lipinski definition) is 4. The van der Waals surface area contributed by atoms with Crippen molar-refractivity contribution in [2.75, 3.05) is 26.2 Å². The summed E-state index contributed by atoms with van der Waals surface area (Å²) in [5.41, 5.74) is 1.01. The molecule has 1 amide bonds. The van der Waals surface area contributed by atoms with E-state index in [1.807, 2.05) is 36.0 Å². The van der Waals surface area contributed by atoms with E-state index in [1.54, 1.807) is 4.90 Å². The summed E-state index contributed by atoms with van der Waals surface area (Å²) in [6, 6.07) is 3.95. The summed E-state index contributed by atoms with van der Waals surface area (Å²) in [5.74, 6) is 0.0263. The zero-order valence-corrected chi connectivity index (χ0v) is 14.3. The quantitative estimate of drug-likeness (QED) is 0.594. The van der Waals surface area contributed by atoms with Crippen LogP contribution >= 0.6 is 24.0 Å². The fourth-order valence-electron chi connectivity index (χ4n) is 2.23. The second-order valence-electron chi connectivity index (χ2n) is 4.90. The lowest BCUT2D eigenvalue weighted by Crippen LogP contribution is -2.37. The molecular weight excluding hydrogens is 302 g/mol. The van der Waals surface area contributed by atoms with Crippen molar-refractivity contribution in [3.8, 4) is 0 Å². The number of carbonyl (C=O) groups excluding carboxylic acids is 1. The number of amides is 1. The Morgan fingerprint density at radius 2 is 2.10 bits per heavy atom. The Bertz CT molecular complexity index is 561. The van der Waals surface area contributed by atoms with E-state index in [2.05, 4.69) is 18.7 Å². The van der Waals surface area contributed by atoms with Crippen molar-refractivity contribution in [2.24, 2.45) is 7.05 Å². The maximum Gasteiger partial charge on any atom is 0.266 e. The minimum atomic E-state index is 0.0263. The average molecular weight is 323 g/mol. The Kier molecular flexibility index (Phi) is 5.61. The van der Waals surface area contributed by atoms with Gasteiger partial charge in [0.05, 0.1) is 4.91 Å². The number of likely N-dealkylation sites (N-methyl/N-ethyl adjacent to an activating group) is 1. The van der Waals surface area contributed by atoms with E-state index in [9.17, 15) is 4.79 Å². The van der Waals surface area contributed by atoms with Crippen LogP contribution in [0.1, 0.15) is 19.5 Å². The molecule has 0 atom stereocenters. The molecule has 0 aromatic carbocycles. The van der Waals surface area contributed by atoms with Crippen molar-refractivity contribution in [1.29, 1.82) is 0 Å². The zero-order valence-electron chi connectivity index (χ0n) is 12.7. The van der Waals surface area contributed by atoms with E-state index in [0.29, 0.717) is 15.8 Å². The predicted molar refractivity (Wildman–Crippen MR) is 93.1 cm³/mol. The first-order chi connectivity index (χ1) is 10.1. The molecule has 0 bridgehead atoms. The summed E-state index contributed by atoms with van der Waals surface area (Å²) in [7, 11) is 1.97. The number of hydrogen-bond donors (Lipinski definition) is 0. The molecule has 1 aromatic heterocycles. The Morgan fingerprint density at radius 3 is 2.67 bits per heavy atom. The highest BCUT2D eigenvalue weighted by atomic mass is 32.2. The van der Waals surface area contributed by atoms with Gasteiger partial charge in [-0.05, 0) is 31.3 Å². The highest BCUT2D eigenvalue weighted by molar-refractivity contribution is 8.26. The Morgan fingerprint density at radius 1 is 1.38 bits per heavy atom. The summed E-state index contributed by atoms with van der Waals surface area (Å²) in [6.45, 7) is 7.76. The average Bonchev–Trinajstić information content (AvgIpc) is 2.98. The number of nitrogens with zero attached hydrogens (tertiary/aromatic N) is 3. The topological polar surface area (TPSA) is 28.5 Å². The van der Waals surface area contributed by atoms with E-state index in [0.717, 1.165) is 25.3 Å². The molecule has 1 aliphatic rings. The highest BCUT2D eigenvalue weighted by Crippen LogP contribution is 2.32. The molecule has 1 aliphatic heterocycles. The van der Waals surface area contributed by atoms with Gasteiger partial charge in [-0.3, -0.25) is 9.69 Å². The lowest BCUT2D eigenvalue weighted by Gasteiger charge is -2.21. The largest absolute Gasteiger partial charge is 0.351 e. The van der Waals surface area contributed by atoms with Crippen molar-refractivity contribution in [1.82, 2.24) is 14.4 Å². The Hall–Kier alpha value is -1.11. The molecule has 1 saturated heterocycles. The maximum atomic E-state index is 12.5. The number of aromatic nitrogens is 1. The minimum Gasteiger partial charge on any atom is -0.351 e. The summed E-state index contributed by atoms with van der Waals surface area (Å²) >= 11 is 6.74. The van der Waals surface area contributed by atoms with Crippen molar-refractivity contribution in [3.63, 3.8) is 0 Å². The summed E-state index contributed by atoms with van der Waals surface area (Å²) in [5, 5.41) is 0. The normalized spacial score (nSPS) is 17.5. The molecule has 1 fully saturated rings.